The van der Waals surface area contributed by atoms with Crippen molar-refractivity contribution in [3.8, 4) is 0 Å². The van der Waals surface area contributed by atoms with Gasteiger partial charge in [0.25, 0.3) is 0 Å². The number of carbonyl (C=O) groups excluding carboxylic acids is 9. The zero-order chi connectivity index (χ0) is 70.5. The molecule has 2 aliphatic rings. The van der Waals surface area contributed by atoms with Crippen molar-refractivity contribution in [1.29, 1.82) is 0 Å². The minimum Gasteiger partial charge on any atom is -0.481 e. The van der Waals surface area contributed by atoms with Gasteiger partial charge in [-0.25, -0.2) is 4.79 Å². The first-order chi connectivity index (χ1) is 45.6. The van der Waals surface area contributed by atoms with E-state index in [0.29, 0.717) is 62.0 Å². The highest BCUT2D eigenvalue weighted by Gasteiger charge is 2.48. The Morgan fingerprint density at radius 2 is 1.39 bits per heavy atom. The zero-order valence-electron chi connectivity index (χ0n) is 57.3. The van der Waals surface area contributed by atoms with E-state index in [1.165, 1.54) is 11.0 Å². The molecule has 96 heavy (non-hydrogen) atoms. The lowest BCUT2D eigenvalue weighted by Gasteiger charge is -2.30. The normalized spacial score (nSPS) is 19.6. The predicted molar refractivity (Wildman–Crippen MR) is 358 cm³/mol. The van der Waals surface area contributed by atoms with Gasteiger partial charge < -0.3 is 64.4 Å². The van der Waals surface area contributed by atoms with Crippen molar-refractivity contribution in [3.05, 3.63) is 117 Å². The van der Waals surface area contributed by atoms with Crippen LogP contribution in [0, 0.1) is 36.0 Å². The average Bonchev–Trinajstić information content (AvgIpc) is 1.63. The number of Topliss-reactive ketones (excluding diaryl/α,β-unsaturated/α-hetero) is 2. The number of carbonyl (C=O) groups is 10. The van der Waals surface area contributed by atoms with E-state index in [1.807, 2.05) is 64.1 Å². The summed E-state index contributed by atoms with van der Waals surface area (Å²) >= 11 is 6.41. The third-order valence-corrected chi connectivity index (χ3v) is 17.3. The molecule has 3 aromatic carbocycles. The van der Waals surface area contributed by atoms with Gasteiger partial charge >= 0.3 is 17.9 Å². The number of amides is 5. The van der Waals surface area contributed by atoms with Crippen molar-refractivity contribution in [2.45, 2.75) is 170 Å². The number of ketones is 2. The fourth-order valence-electron chi connectivity index (χ4n) is 10.6. The molecule has 23 nitrogen and oxygen atoms in total. The van der Waals surface area contributed by atoms with Crippen molar-refractivity contribution < 1.29 is 86.2 Å². The number of esters is 2. The Balaban J connectivity index is 1.07. The van der Waals surface area contributed by atoms with Crippen LogP contribution in [0.25, 0.3) is 0 Å². The molecule has 0 aliphatic carbocycles. The number of cyclic esters (lactones) is 1. The van der Waals surface area contributed by atoms with E-state index in [4.69, 9.17) is 44.8 Å². The van der Waals surface area contributed by atoms with Crippen LogP contribution in [0.15, 0.2) is 78.9 Å². The number of hydrogen-bond donors (Lipinski definition) is 5. The number of aliphatic carboxylic acids is 1. The van der Waals surface area contributed by atoms with Crippen LogP contribution in [0.3, 0.4) is 0 Å². The summed E-state index contributed by atoms with van der Waals surface area (Å²) in [5.41, 5.74) is 3.60. The molecule has 5 N–H and O–H groups in total. The Labute approximate surface area is 569 Å². The molecule has 2 heterocycles. The molecule has 0 radical (unpaired) electrons. The van der Waals surface area contributed by atoms with Gasteiger partial charge in [0.05, 0.1) is 76.7 Å². The fraction of sp³-hybridized carbons (Fsp3) is 0.583. The molecular formula is C72H100ClN5O18. The molecule has 5 amide bonds. The van der Waals surface area contributed by atoms with Gasteiger partial charge in [0.15, 0.2) is 5.78 Å². The van der Waals surface area contributed by atoms with Crippen molar-refractivity contribution >= 4 is 70.6 Å². The van der Waals surface area contributed by atoms with Gasteiger partial charge in [-0.1, -0.05) is 113 Å². The van der Waals surface area contributed by atoms with Gasteiger partial charge in [-0.15, -0.1) is 0 Å². The number of nitrogens with zero attached hydrogens (tertiary/aromatic N) is 1. The molecular weight excluding hydrogens is 1260 g/mol. The number of epoxide rings is 1. The maximum absolute atomic E-state index is 14.0. The van der Waals surface area contributed by atoms with Crippen LogP contribution >= 0.6 is 11.6 Å². The third kappa shape index (κ3) is 28.0. The zero-order valence-corrected chi connectivity index (χ0v) is 58.1. The minimum atomic E-state index is -1.15. The summed E-state index contributed by atoms with van der Waals surface area (Å²) in [6.45, 7) is 18.3. The monoisotopic (exact) mass is 1360 g/mol. The highest BCUT2D eigenvalue weighted by molar-refractivity contribution is 6.31. The quantitative estimate of drug-likeness (QED) is 0.0213. The van der Waals surface area contributed by atoms with Gasteiger partial charge in [0.2, 0.25) is 29.5 Å². The van der Waals surface area contributed by atoms with E-state index in [0.717, 1.165) is 22.3 Å². The molecule has 0 unspecified atom stereocenters. The highest BCUT2D eigenvalue weighted by atomic mass is 35.5. The second kappa shape index (κ2) is 40.3. The number of ether oxygens (including phenoxy) is 7. The summed E-state index contributed by atoms with van der Waals surface area (Å²) in [6.07, 6.45) is 1.99. The maximum Gasteiger partial charge on any atom is 0.328 e. The van der Waals surface area contributed by atoms with Gasteiger partial charge in [-0.05, 0) is 97.9 Å². The van der Waals surface area contributed by atoms with E-state index in [2.05, 4.69) is 21.3 Å². The van der Waals surface area contributed by atoms with Crippen molar-refractivity contribution in [1.82, 2.24) is 26.2 Å². The Bertz CT molecular complexity index is 3100. The van der Waals surface area contributed by atoms with Crippen LogP contribution in [-0.2, 0) is 107 Å². The number of carboxylic acids is 1. The average molecular weight is 1360 g/mol. The largest absolute Gasteiger partial charge is 0.481 e. The second-order valence-electron chi connectivity index (χ2n) is 26.1. The number of methoxy groups -OCH3 is 1. The summed E-state index contributed by atoms with van der Waals surface area (Å²) in [4.78, 5) is 134. The van der Waals surface area contributed by atoms with E-state index in [-0.39, 0.29) is 138 Å². The highest BCUT2D eigenvalue weighted by Crippen LogP contribution is 2.45. The molecule has 0 bridgehead atoms. The van der Waals surface area contributed by atoms with Crippen LogP contribution in [0.1, 0.15) is 140 Å². The van der Waals surface area contributed by atoms with Gasteiger partial charge in [0.1, 0.15) is 36.7 Å². The molecule has 3 aromatic rings. The lowest BCUT2D eigenvalue weighted by molar-refractivity contribution is -0.157. The number of halogens is 1. The van der Waals surface area contributed by atoms with E-state index in [1.54, 1.807) is 78.1 Å². The summed E-state index contributed by atoms with van der Waals surface area (Å²) in [6, 6.07) is 17.3. The molecule has 0 saturated carbocycles. The Hall–Kier alpha value is -7.41. The SMILES string of the molecule is COCCOCCOCCOCCC(=O)N(CCC(=O)O)CCC(=O)C[C@H](C(=O)N[C@@H](C)C(=O)Cc1ccc(COC(=O)CCc2ccc([C@H]3O[C@@H]3[C@@H](C)[C@@H]3C/C=C/C(=O)N[C@H](Cc4ccc(C)c(Cl)c4)C(=O)NCC(C)(C)C(=O)N[C@@H](CC(C)C)C(=O)O3)cc2)cc1)C(C)C. The lowest BCUT2D eigenvalue weighted by Crippen LogP contribution is -2.54. The first kappa shape index (κ1) is 79.3. The number of carboxylic acid groups (broad SMARTS) is 1. The molecule has 1 saturated heterocycles. The molecule has 2 aliphatic heterocycles. The predicted octanol–water partition coefficient (Wildman–Crippen LogP) is 7.30. The standard InChI is InChI=1S/C72H100ClN5O18/c1-45(2)38-59-70(88)95-61(12-11-13-62(81)76-58(40-53-15-14-47(5)57(73)39-53)69(87)74-44-72(8,9)71(89)77-59)48(6)66-67(96-66)54-23-20-50(21-24-54)22-25-65(85)94-43-52-18-16-51(17-19-52)41-60(80)49(7)75-68(86)56(46(3)4)42-55(79)26-29-78(30-27-64(83)84)63(82)28-31-91-34-35-93-37-36-92-33-32-90-10/h11,13-21,23-24,39,45-46,48-49,56,58-59,61,66-67H,12,22,25-38,40-44H2,1-10H3,(H,74,87)(H,75,86)(H,76,81)(H,77,89)(H,83,84)/b13-11+/t48-,49-,56-,58+,59-,61-,66+,67+/m0/s1. The maximum atomic E-state index is 14.0. The van der Waals surface area contributed by atoms with Crippen LogP contribution in [0.5, 0.6) is 0 Å². The Morgan fingerprint density at radius 3 is 2.02 bits per heavy atom. The van der Waals surface area contributed by atoms with E-state index in [9.17, 15) is 53.1 Å². The first-order valence-corrected chi connectivity index (χ1v) is 33.6. The molecule has 1 fully saturated rings. The second-order valence-corrected chi connectivity index (χ2v) is 26.5. The van der Waals surface area contributed by atoms with Gasteiger partial charge in [-0.3, -0.25) is 43.2 Å². The third-order valence-electron chi connectivity index (χ3n) is 16.9. The molecule has 8 atom stereocenters. The molecule has 0 aromatic heterocycles. The lowest BCUT2D eigenvalue weighted by atomic mass is 9.88. The van der Waals surface area contributed by atoms with Crippen molar-refractivity contribution in [2.75, 3.05) is 73.0 Å². The summed E-state index contributed by atoms with van der Waals surface area (Å²) in [5, 5.41) is 21.1. The topological polar surface area (TPSA) is 310 Å². The van der Waals surface area contributed by atoms with Gasteiger partial charge in [-0.2, -0.15) is 0 Å². The fourth-order valence-corrected chi connectivity index (χ4v) is 10.8. The smallest absolute Gasteiger partial charge is 0.328 e. The molecule has 24 heteroatoms. The summed E-state index contributed by atoms with van der Waals surface area (Å²) in [7, 11) is 1.59. The van der Waals surface area contributed by atoms with E-state index < -0.39 is 77.1 Å². The number of hydrogen-bond acceptors (Lipinski definition) is 17. The minimum absolute atomic E-state index is 0.00846. The number of nitrogens with one attached hydrogen (secondary N) is 4. The first-order valence-electron chi connectivity index (χ1n) is 33.2. The number of rotatable bonds is 38. The molecule has 5 rings (SSSR count). The van der Waals surface area contributed by atoms with Crippen LogP contribution in [0.2, 0.25) is 5.02 Å². The van der Waals surface area contributed by atoms with Crippen LogP contribution < -0.4 is 21.3 Å². The summed E-state index contributed by atoms with van der Waals surface area (Å²) in [5.74, 6) is -6.36. The Morgan fingerprint density at radius 1 is 0.760 bits per heavy atom. The van der Waals surface area contributed by atoms with Crippen molar-refractivity contribution in [2.24, 2.45) is 29.1 Å². The van der Waals surface area contributed by atoms with E-state index >= 15 is 0 Å². The number of benzene rings is 3. The summed E-state index contributed by atoms with van der Waals surface area (Å²) < 4.78 is 39.2. The molecule has 528 valence electrons. The van der Waals surface area contributed by atoms with Crippen LogP contribution in [0.4, 0.5) is 0 Å². The van der Waals surface area contributed by atoms with Gasteiger partial charge in [0, 0.05) is 82.1 Å². The Kier molecular flexibility index (Phi) is 33.3. The molecule has 0 spiro atoms. The number of aryl methyl sites for hydroxylation is 2. The van der Waals surface area contributed by atoms with Crippen molar-refractivity contribution in [3.63, 3.8) is 0 Å². The van der Waals surface area contributed by atoms with Crippen LogP contribution in [-0.4, -0.2) is 172 Å².